The molecule has 0 saturated heterocycles. The van der Waals surface area contributed by atoms with E-state index in [2.05, 4.69) is 32.0 Å². The Hall–Kier alpha value is -1.02. The zero-order valence-electron chi connectivity index (χ0n) is 13.1. The van der Waals surface area contributed by atoms with E-state index in [1.807, 2.05) is 6.07 Å². The van der Waals surface area contributed by atoms with Crippen LogP contribution in [0.3, 0.4) is 0 Å². The zero-order valence-corrected chi connectivity index (χ0v) is 13.1. The van der Waals surface area contributed by atoms with Gasteiger partial charge in [0.2, 0.25) is 0 Å². The van der Waals surface area contributed by atoms with Gasteiger partial charge in [-0.2, -0.15) is 0 Å². The minimum absolute atomic E-state index is 0.676. The summed E-state index contributed by atoms with van der Waals surface area (Å²) in [4.78, 5) is 0. The van der Waals surface area contributed by atoms with E-state index in [1.54, 1.807) is 7.11 Å². The van der Waals surface area contributed by atoms with Gasteiger partial charge >= 0.3 is 0 Å². The molecular formula is C18H29NO. The Balaban J connectivity index is 2.11. The summed E-state index contributed by atoms with van der Waals surface area (Å²) in [5.41, 5.74) is 7.34. The molecule has 1 aliphatic carbocycles. The summed E-state index contributed by atoms with van der Waals surface area (Å²) in [5.74, 6) is 4.05. The molecule has 20 heavy (non-hydrogen) atoms. The molecule has 0 radical (unpaired) electrons. The predicted octanol–water partition coefficient (Wildman–Crippen LogP) is 3.88. The molecule has 3 atom stereocenters. The standard InChI is InChI=1S/C18H29NO/c1-13(2)14-8-9-16(12-19)17(10-14)11-15-6-4-5-7-18(15)20-3/h4-7,13-14,16-17H,8-12,19H2,1-3H3. The van der Waals surface area contributed by atoms with Gasteiger partial charge in [-0.15, -0.1) is 0 Å². The highest BCUT2D eigenvalue weighted by Crippen LogP contribution is 2.39. The first-order valence-electron chi connectivity index (χ1n) is 7.97. The van der Waals surface area contributed by atoms with E-state index in [1.165, 1.54) is 24.8 Å². The number of benzene rings is 1. The molecule has 2 N–H and O–H groups in total. The zero-order chi connectivity index (χ0) is 14.5. The molecule has 0 aromatic heterocycles. The molecule has 1 aromatic rings. The summed E-state index contributed by atoms with van der Waals surface area (Å²) < 4.78 is 5.50. The number of para-hydroxylation sites is 1. The molecule has 1 aromatic carbocycles. The Morgan fingerprint density at radius 1 is 1.20 bits per heavy atom. The van der Waals surface area contributed by atoms with Gasteiger partial charge in [0.25, 0.3) is 0 Å². The van der Waals surface area contributed by atoms with Gasteiger partial charge in [-0.25, -0.2) is 0 Å². The van der Waals surface area contributed by atoms with Crippen LogP contribution in [-0.2, 0) is 6.42 Å². The maximum atomic E-state index is 6.01. The van der Waals surface area contributed by atoms with Gasteiger partial charge in [-0.1, -0.05) is 32.0 Å². The Bertz CT molecular complexity index is 416. The molecule has 2 heteroatoms. The quantitative estimate of drug-likeness (QED) is 0.885. The van der Waals surface area contributed by atoms with Crippen molar-refractivity contribution in [3.8, 4) is 5.75 Å². The van der Waals surface area contributed by atoms with E-state index in [4.69, 9.17) is 10.5 Å². The number of ether oxygens (including phenoxy) is 1. The first kappa shape index (κ1) is 15.4. The van der Waals surface area contributed by atoms with Crippen molar-refractivity contribution >= 4 is 0 Å². The summed E-state index contributed by atoms with van der Waals surface area (Å²) in [6.45, 7) is 5.53. The first-order chi connectivity index (χ1) is 9.65. The second-order valence-corrected chi connectivity index (χ2v) is 6.59. The average Bonchev–Trinajstić information content (AvgIpc) is 2.47. The van der Waals surface area contributed by atoms with Gasteiger partial charge in [0.05, 0.1) is 7.11 Å². The van der Waals surface area contributed by atoms with Crippen LogP contribution in [-0.4, -0.2) is 13.7 Å². The van der Waals surface area contributed by atoms with Gasteiger partial charge in [-0.05, 0) is 67.5 Å². The van der Waals surface area contributed by atoms with Crippen LogP contribution in [0.25, 0.3) is 0 Å². The summed E-state index contributed by atoms with van der Waals surface area (Å²) >= 11 is 0. The Labute approximate surface area is 123 Å². The minimum Gasteiger partial charge on any atom is -0.496 e. The highest BCUT2D eigenvalue weighted by Gasteiger charge is 2.31. The summed E-state index contributed by atoms with van der Waals surface area (Å²) in [5, 5.41) is 0. The second kappa shape index (κ2) is 7.12. The van der Waals surface area contributed by atoms with Crippen LogP contribution in [0.15, 0.2) is 24.3 Å². The molecule has 0 spiro atoms. The fourth-order valence-electron chi connectivity index (χ4n) is 3.68. The van der Waals surface area contributed by atoms with Crippen LogP contribution >= 0.6 is 0 Å². The minimum atomic E-state index is 0.676. The monoisotopic (exact) mass is 275 g/mol. The molecule has 0 heterocycles. The molecule has 2 nitrogen and oxygen atoms in total. The van der Waals surface area contributed by atoms with E-state index in [-0.39, 0.29) is 0 Å². The highest BCUT2D eigenvalue weighted by atomic mass is 16.5. The van der Waals surface area contributed by atoms with Crippen LogP contribution < -0.4 is 10.5 Å². The van der Waals surface area contributed by atoms with Crippen molar-refractivity contribution in [3.05, 3.63) is 29.8 Å². The maximum Gasteiger partial charge on any atom is 0.122 e. The number of hydrogen-bond donors (Lipinski definition) is 1. The molecular weight excluding hydrogens is 246 g/mol. The second-order valence-electron chi connectivity index (χ2n) is 6.59. The van der Waals surface area contributed by atoms with E-state index in [0.717, 1.165) is 30.6 Å². The summed E-state index contributed by atoms with van der Waals surface area (Å²) in [6.07, 6.45) is 5.06. The van der Waals surface area contributed by atoms with E-state index in [9.17, 15) is 0 Å². The lowest BCUT2D eigenvalue weighted by atomic mass is 9.69. The number of rotatable bonds is 5. The first-order valence-corrected chi connectivity index (χ1v) is 7.97. The van der Waals surface area contributed by atoms with Crippen LogP contribution in [0.1, 0.15) is 38.7 Å². The number of nitrogens with two attached hydrogens (primary N) is 1. The fourth-order valence-corrected chi connectivity index (χ4v) is 3.68. The van der Waals surface area contributed by atoms with E-state index >= 15 is 0 Å². The van der Waals surface area contributed by atoms with Crippen molar-refractivity contribution in [1.82, 2.24) is 0 Å². The molecule has 1 saturated carbocycles. The maximum absolute atomic E-state index is 6.01. The highest BCUT2D eigenvalue weighted by molar-refractivity contribution is 5.33. The van der Waals surface area contributed by atoms with Gasteiger partial charge in [-0.3, -0.25) is 0 Å². The molecule has 1 fully saturated rings. The van der Waals surface area contributed by atoms with Crippen molar-refractivity contribution in [2.45, 2.75) is 39.5 Å². The largest absolute Gasteiger partial charge is 0.496 e. The third-order valence-electron chi connectivity index (χ3n) is 5.10. The van der Waals surface area contributed by atoms with Gasteiger partial charge in [0.15, 0.2) is 0 Å². The van der Waals surface area contributed by atoms with Crippen molar-refractivity contribution in [2.75, 3.05) is 13.7 Å². The van der Waals surface area contributed by atoms with E-state index < -0.39 is 0 Å². The third-order valence-corrected chi connectivity index (χ3v) is 5.10. The molecule has 2 rings (SSSR count). The van der Waals surface area contributed by atoms with E-state index in [0.29, 0.717) is 11.8 Å². The lowest BCUT2D eigenvalue weighted by molar-refractivity contribution is 0.150. The number of hydrogen-bond acceptors (Lipinski definition) is 2. The summed E-state index contributed by atoms with van der Waals surface area (Å²) in [7, 11) is 1.76. The van der Waals surface area contributed by atoms with Crippen LogP contribution in [0.4, 0.5) is 0 Å². The molecule has 0 aliphatic heterocycles. The molecule has 112 valence electrons. The summed E-state index contributed by atoms with van der Waals surface area (Å²) in [6, 6.07) is 8.42. The SMILES string of the molecule is COc1ccccc1CC1CC(C(C)C)CCC1CN. The van der Waals surface area contributed by atoms with Crippen molar-refractivity contribution in [2.24, 2.45) is 29.4 Å². The fraction of sp³-hybridized carbons (Fsp3) is 0.667. The Kier molecular flexibility index (Phi) is 5.47. The average molecular weight is 275 g/mol. The van der Waals surface area contributed by atoms with Crippen LogP contribution in [0, 0.1) is 23.7 Å². The van der Waals surface area contributed by atoms with Gasteiger partial charge in [0.1, 0.15) is 5.75 Å². The van der Waals surface area contributed by atoms with Crippen LogP contribution in [0.2, 0.25) is 0 Å². The Morgan fingerprint density at radius 3 is 2.60 bits per heavy atom. The molecule has 0 bridgehead atoms. The number of methoxy groups -OCH3 is 1. The smallest absolute Gasteiger partial charge is 0.122 e. The topological polar surface area (TPSA) is 35.2 Å². The molecule has 1 aliphatic rings. The normalized spacial score (nSPS) is 26.8. The van der Waals surface area contributed by atoms with Gasteiger partial charge < -0.3 is 10.5 Å². The van der Waals surface area contributed by atoms with Crippen molar-refractivity contribution < 1.29 is 4.74 Å². The van der Waals surface area contributed by atoms with Crippen LogP contribution in [0.5, 0.6) is 5.75 Å². The van der Waals surface area contributed by atoms with Gasteiger partial charge in [0, 0.05) is 0 Å². The third kappa shape index (κ3) is 3.54. The predicted molar refractivity (Wildman–Crippen MR) is 84.9 cm³/mol. The lowest BCUT2D eigenvalue weighted by Gasteiger charge is -2.37. The molecule has 0 amide bonds. The van der Waals surface area contributed by atoms with Crippen molar-refractivity contribution in [1.29, 1.82) is 0 Å². The molecule has 3 unspecified atom stereocenters. The lowest BCUT2D eigenvalue weighted by Crippen LogP contribution is -2.33. The Morgan fingerprint density at radius 2 is 1.95 bits per heavy atom. The van der Waals surface area contributed by atoms with Crippen molar-refractivity contribution in [3.63, 3.8) is 0 Å².